The molecule has 2 N–H and O–H groups in total. The zero-order valence-corrected chi connectivity index (χ0v) is 13.3. The van der Waals surface area contributed by atoms with E-state index in [1.54, 1.807) is 42.5 Å². The molecule has 24 heavy (non-hydrogen) atoms. The van der Waals surface area contributed by atoms with Crippen LogP contribution in [-0.2, 0) is 10.4 Å². The predicted molar refractivity (Wildman–Crippen MR) is 87.5 cm³/mol. The van der Waals surface area contributed by atoms with Crippen LogP contribution in [0.2, 0.25) is 0 Å². The fraction of sp³-hybridized carbons (Fsp3) is 0.222. The normalized spacial score (nSPS) is 18.7. The summed E-state index contributed by atoms with van der Waals surface area (Å²) in [6, 6.07) is 11.5. The molecular formula is C18H17NO5. The molecule has 0 aromatic heterocycles. The van der Waals surface area contributed by atoms with Gasteiger partial charge >= 0.3 is 0 Å². The van der Waals surface area contributed by atoms with Gasteiger partial charge in [-0.1, -0.05) is 18.2 Å². The Hall–Kier alpha value is -2.86. The average molecular weight is 327 g/mol. The number of carbonyl (C=O) groups excluding carboxylic acids is 2. The summed E-state index contributed by atoms with van der Waals surface area (Å²) >= 11 is 0. The number of anilines is 1. The van der Waals surface area contributed by atoms with Gasteiger partial charge in [0.1, 0.15) is 11.5 Å². The Kier molecular flexibility index (Phi) is 3.99. The minimum Gasteiger partial charge on any atom is -0.497 e. The van der Waals surface area contributed by atoms with Crippen molar-refractivity contribution in [3.63, 3.8) is 0 Å². The minimum absolute atomic E-state index is 0.281. The zero-order valence-electron chi connectivity index (χ0n) is 13.3. The smallest absolute Gasteiger partial charge is 0.261 e. The number of para-hydroxylation sites is 1. The van der Waals surface area contributed by atoms with Crippen molar-refractivity contribution in [3.8, 4) is 11.5 Å². The SMILES string of the molecule is COc1ccc(C(=O)C[C@@]2(O)C(=O)Nc3ccccc32)c(OC)c1. The number of fused-ring (bicyclic) bond motifs is 1. The van der Waals surface area contributed by atoms with Gasteiger partial charge in [0.2, 0.25) is 0 Å². The molecule has 0 bridgehead atoms. The van der Waals surface area contributed by atoms with Crippen LogP contribution >= 0.6 is 0 Å². The van der Waals surface area contributed by atoms with Gasteiger partial charge in [0.25, 0.3) is 5.91 Å². The van der Waals surface area contributed by atoms with Crippen molar-refractivity contribution in [1.82, 2.24) is 0 Å². The molecule has 1 aliphatic heterocycles. The first-order valence-corrected chi connectivity index (χ1v) is 7.38. The summed E-state index contributed by atoms with van der Waals surface area (Å²) in [6.45, 7) is 0. The van der Waals surface area contributed by atoms with Crippen LogP contribution in [-0.4, -0.2) is 31.0 Å². The molecule has 1 heterocycles. The van der Waals surface area contributed by atoms with Crippen molar-refractivity contribution in [2.45, 2.75) is 12.0 Å². The first-order valence-electron chi connectivity index (χ1n) is 7.38. The van der Waals surface area contributed by atoms with Gasteiger partial charge in [0.05, 0.1) is 26.2 Å². The maximum Gasteiger partial charge on any atom is 0.261 e. The lowest BCUT2D eigenvalue weighted by Crippen LogP contribution is -2.36. The van der Waals surface area contributed by atoms with E-state index in [1.807, 2.05) is 0 Å². The Morgan fingerprint density at radius 2 is 1.92 bits per heavy atom. The monoisotopic (exact) mass is 327 g/mol. The molecule has 1 amide bonds. The van der Waals surface area contributed by atoms with Crippen molar-refractivity contribution in [1.29, 1.82) is 0 Å². The van der Waals surface area contributed by atoms with E-state index in [1.165, 1.54) is 14.2 Å². The Labute approximate surface area is 139 Å². The van der Waals surface area contributed by atoms with Crippen LogP contribution < -0.4 is 14.8 Å². The molecule has 2 aromatic rings. The minimum atomic E-state index is -1.89. The maximum absolute atomic E-state index is 12.7. The van der Waals surface area contributed by atoms with E-state index < -0.39 is 17.3 Å². The molecule has 0 spiro atoms. The van der Waals surface area contributed by atoms with Crippen molar-refractivity contribution in [2.24, 2.45) is 0 Å². The Balaban J connectivity index is 1.94. The number of aliphatic hydroxyl groups is 1. The molecule has 124 valence electrons. The predicted octanol–water partition coefficient (Wildman–Crippen LogP) is 2.12. The lowest BCUT2D eigenvalue weighted by Gasteiger charge is -2.20. The van der Waals surface area contributed by atoms with Crippen LogP contribution in [0.1, 0.15) is 22.3 Å². The number of rotatable bonds is 5. The highest BCUT2D eigenvalue weighted by molar-refractivity contribution is 6.10. The summed E-state index contributed by atoms with van der Waals surface area (Å²) in [5.74, 6) is -0.130. The summed E-state index contributed by atoms with van der Waals surface area (Å²) in [5, 5.41) is 13.4. The molecule has 0 fully saturated rings. The Bertz CT molecular complexity index is 817. The fourth-order valence-electron chi connectivity index (χ4n) is 2.83. The van der Waals surface area contributed by atoms with Crippen LogP contribution in [0.4, 0.5) is 5.69 Å². The highest BCUT2D eigenvalue weighted by Crippen LogP contribution is 2.39. The molecule has 0 unspecified atom stereocenters. The number of benzene rings is 2. The van der Waals surface area contributed by atoms with E-state index in [4.69, 9.17) is 9.47 Å². The number of amides is 1. The number of hydrogen-bond acceptors (Lipinski definition) is 5. The van der Waals surface area contributed by atoms with Gasteiger partial charge in [-0.3, -0.25) is 9.59 Å². The molecule has 0 saturated heterocycles. The molecule has 0 radical (unpaired) electrons. The second-order valence-corrected chi connectivity index (χ2v) is 5.53. The number of ether oxygens (including phenoxy) is 2. The van der Waals surface area contributed by atoms with Gasteiger partial charge < -0.3 is 19.9 Å². The number of nitrogens with one attached hydrogen (secondary N) is 1. The van der Waals surface area contributed by atoms with Crippen LogP contribution in [0.15, 0.2) is 42.5 Å². The van der Waals surface area contributed by atoms with E-state index in [-0.39, 0.29) is 12.0 Å². The standard InChI is InChI=1S/C18H17NO5/c1-23-11-7-8-12(16(9-11)24-2)15(20)10-18(22)13-5-3-4-6-14(13)19-17(18)21/h3-9,22H,10H2,1-2H3,(H,19,21)/t18-/m0/s1. The van der Waals surface area contributed by atoms with Gasteiger partial charge in [0, 0.05) is 17.3 Å². The topological polar surface area (TPSA) is 84.9 Å². The quantitative estimate of drug-likeness (QED) is 0.822. The third-order valence-corrected chi connectivity index (χ3v) is 4.12. The van der Waals surface area contributed by atoms with Gasteiger partial charge in [0.15, 0.2) is 11.4 Å². The van der Waals surface area contributed by atoms with Gasteiger partial charge in [-0.05, 0) is 18.2 Å². The molecular weight excluding hydrogens is 310 g/mol. The first kappa shape index (κ1) is 16.0. The van der Waals surface area contributed by atoms with Crippen LogP contribution in [0, 0.1) is 0 Å². The highest BCUT2D eigenvalue weighted by atomic mass is 16.5. The summed E-state index contributed by atoms with van der Waals surface area (Å²) in [5.41, 5.74) is -0.697. The zero-order chi connectivity index (χ0) is 17.3. The highest BCUT2D eigenvalue weighted by Gasteiger charge is 2.46. The second kappa shape index (κ2) is 5.98. The number of Topliss-reactive ketones (excluding diaryl/α,β-unsaturated/α-hetero) is 1. The molecule has 1 atom stereocenters. The second-order valence-electron chi connectivity index (χ2n) is 5.53. The number of ketones is 1. The van der Waals surface area contributed by atoms with Crippen LogP contribution in [0.5, 0.6) is 11.5 Å². The van der Waals surface area contributed by atoms with Gasteiger partial charge in [-0.2, -0.15) is 0 Å². The molecule has 3 rings (SSSR count). The fourth-order valence-corrected chi connectivity index (χ4v) is 2.83. The van der Waals surface area contributed by atoms with E-state index in [0.717, 1.165) is 0 Å². The summed E-state index contributed by atoms with van der Waals surface area (Å²) in [6.07, 6.45) is -0.376. The third-order valence-electron chi connectivity index (χ3n) is 4.12. The van der Waals surface area contributed by atoms with Crippen molar-refractivity contribution >= 4 is 17.4 Å². The summed E-state index contributed by atoms with van der Waals surface area (Å²) in [4.78, 5) is 24.9. The maximum atomic E-state index is 12.7. The van der Waals surface area contributed by atoms with Crippen LogP contribution in [0.3, 0.4) is 0 Å². The van der Waals surface area contributed by atoms with E-state index in [0.29, 0.717) is 22.7 Å². The van der Waals surface area contributed by atoms with E-state index in [9.17, 15) is 14.7 Å². The third kappa shape index (κ3) is 2.51. The lowest BCUT2D eigenvalue weighted by molar-refractivity contribution is -0.133. The molecule has 0 aliphatic carbocycles. The van der Waals surface area contributed by atoms with E-state index in [2.05, 4.69) is 5.32 Å². The number of hydrogen-bond donors (Lipinski definition) is 2. The van der Waals surface area contributed by atoms with Crippen LogP contribution in [0.25, 0.3) is 0 Å². The van der Waals surface area contributed by atoms with Crippen molar-refractivity contribution in [3.05, 3.63) is 53.6 Å². The van der Waals surface area contributed by atoms with Gasteiger partial charge in [-0.25, -0.2) is 0 Å². The number of methoxy groups -OCH3 is 2. The lowest BCUT2D eigenvalue weighted by atomic mass is 9.88. The summed E-state index contributed by atoms with van der Waals surface area (Å²) in [7, 11) is 2.95. The Morgan fingerprint density at radius 1 is 1.17 bits per heavy atom. The molecule has 2 aromatic carbocycles. The van der Waals surface area contributed by atoms with E-state index >= 15 is 0 Å². The average Bonchev–Trinajstić information content (AvgIpc) is 2.85. The van der Waals surface area contributed by atoms with Crippen molar-refractivity contribution in [2.75, 3.05) is 19.5 Å². The molecule has 6 heteroatoms. The molecule has 1 aliphatic rings. The van der Waals surface area contributed by atoms with Crippen molar-refractivity contribution < 1.29 is 24.2 Å². The van der Waals surface area contributed by atoms with Gasteiger partial charge in [-0.15, -0.1) is 0 Å². The Morgan fingerprint density at radius 3 is 2.62 bits per heavy atom. The summed E-state index contributed by atoms with van der Waals surface area (Å²) < 4.78 is 10.3. The molecule has 0 saturated carbocycles. The first-order chi connectivity index (χ1) is 11.5. The number of carbonyl (C=O) groups is 2. The largest absolute Gasteiger partial charge is 0.497 e. The molecule has 6 nitrogen and oxygen atoms in total.